The maximum atomic E-state index is 12.2. The van der Waals surface area contributed by atoms with Gasteiger partial charge in [-0.05, 0) is 50.6 Å². The summed E-state index contributed by atoms with van der Waals surface area (Å²) in [6, 6.07) is 4.97. The number of halogens is 3. The number of nitrogens with zero attached hydrogens (tertiary/aromatic N) is 1. The number of benzene rings is 1. The van der Waals surface area contributed by atoms with Gasteiger partial charge in [-0.1, -0.05) is 23.2 Å². The molecular weight excluding hydrogens is 347 g/mol. The molecule has 1 atom stereocenters. The minimum absolute atomic E-state index is 0. The normalized spacial score (nSPS) is 17.8. The van der Waals surface area contributed by atoms with E-state index in [4.69, 9.17) is 27.9 Å². The second-order valence-electron chi connectivity index (χ2n) is 5.27. The van der Waals surface area contributed by atoms with E-state index in [-0.39, 0.29) is 24.9 Å². The van der Waals surface area contributed by atoms with Gasteiger partial charge in [0.05, 0.1) is 5.02 Å². The van der Waals surface area contributed by atoms with Crippen molar-refractivity contribution < 1.29 is 9.53 Å². The van der Waals surface area contributed by atoms with E-state index in [1.54, 1.807) is 18.2 Å². The third-order valence-corrected chi connectivity index (χ3v) is 4.14. The van der Waals surface area contributed by atoms with Crippen LogP contribution in [0.1, 0.15) is 12.8 Å². The monoisotopic (exact) mass is 366 g/mol. The number of nitrogens with one attached hydrogen (secondary N) is 1. The van der Waals surface area contributed by atoms with Gasteiger partial charge in [-0.3, -0.25) is 4.79 Å². The van der Waals surface area contributed by atoms with Crippen LogP contribution in [0, 0.1) is 5.92 Å². The molecule has 4 nitrogen and oxygen atoms in total. The first kappa shape index (κ1) is 19.4. The van der Waals surface area contributed by atoms with E-state index in [1.807, 2.05) is 11.9 Å². The number of amides is 1. The average Bonchev–Trinajstić information content (AvgIpc) is 2.47. The zero-order valence-corrected chi connectivity index (χ0v) is 14.8. The minimum Gasteiger partial charge on any atom is -0.482 e. The van der Waals surface area contributed by atoms with Crippen LogP contribution in [0.5, 0.6) is 5.75 Å². The van der Waals surface area contributed by atoms with Crippen LogP contribution in [0.15, 0.2) is 18.2 Å². The Balaban J connectivity index is 0.00000242. The molecule has 0 bridgehead atoms. The largest absolute Gasteiger partial charge is 0.482 e. The third kappa shape index (κ3) is 5.51. The Bertz CT molecular complexity index is 498. The molecular formula is C15H21Cl3N2O2. The van der Waals surface area contributed by atoms with E-state index in [1.165, 1.54) is 0 Å². The molecule has 1 aromatic rings. The van der Waals surface area contributed by atoms with Crippen molar-refractivity contribution in [3.63, 3.8) is 0 Å². The summed E-state index contributed by atoms with van der Waals surface area (Å²) in [6.07, 6.45) is 2.20. The number of ether oxygens (including phenoxy) is 1. The van der Waals surface area contributed by atoms with Crippen molar-refractivity contribution in [2.45, 2.75) is 12.8 Å². The molecule has 1 aliphatic rings. The van der Waals surface area contributed by atoms with E-state index < -0.39 is 0 Å². The predicted molar refractivity (Wildman–Crippen MR) is 92.4 cm³/mol. The first-order valence-electron chi connectivity index (χ1n) is 7.10. The summed E-state index contributed by atoms with van der Waals surface area (Å²) in [5.74, 6) is 1.01. The molecule has 1 N–H and O–H groups in total. The summed E-state index contributed by atoms with van der Waals surface area (Å²) < 4.78 is 5.50. The zero-order chi connectivity index (χ0) is 15.2. The van der Waals surface area contributed by atoms with E-state index in [0.29, 0.717) is 21.7 Å². The first-order chi connectivity index (χ1) is 10.1. The fraction of sp³-hybridized carbons (Fsp3) is 0.533. The Morgan fingerprint density at radius 2 is 2.23 bits per heavy atom. The topological polar surface area (TPSA) is 41.6 Å². The first-order valence-corrected chi connectivity index (χ1v) is 7.86. The molecule has 0 saturated carbocycles. The highest BCUT2D eigenvalue weighted by atomic mass is 35.5. The lowest BCUT2D eigenvalue weighted by molar-refractivity contribution is -0.135. The van der Waals surface area contributed by atoms with Crippen molar-refractivity contribution in [3.05, 3.63) is 28.2 Å². The summed E-state index contributed by atoms with van der Waals surface area (Å²) >= 11 is 11.8. The number of likely N-dealkylation sites (tertiary alicyclic amines) is 1. The summed E-state index contributed by atoms with van der Waals surface area (Å²) in [4.78, 5) is 14.1. The molecule has 2 rings (SSSR count). The number of carbonyl (C=O) groups is 1. The van der Waals surface area contributed by atoms with Crippen LogP contribution in [0.2, 0.25) is 10.0 Å². The van der Waals surface area contributed by atoms with E-state index in [9.17, 15) is 4.79 Å². The fourth-order valence-corrected chi connectivity index (χ4v) is 3.03. The highest BCUT2D eigenvalue weighted by Crippen LogP contribution is 2.27. The Kier molecular flexibility index (Phi) is 8.33. The molecule has 0 aliphatic carbocycles. The Morgan fingerprint density at radius 3 is 2.91 bits per heavy atom. The molecule has 1 heterocycles. The van der Waals surface area contributed by atoms with Gasteiger partial charge >= 0.3 is 0 Å². The lowest BCUT2D eigenvalue weighted by Gasteiger charge is -2.32. The molecule has 0 spiro atoms. The Morgan fingerprint density at radius 1 is 1.45 bits per heavy atom. The van der Waals surface area contributed by atoms with Crippen molar-refractivity contribution in [2.24, 2.45) is 5.92 Å². The molecule has 1 saturated heterocycles. The van der Waals surface area contributed by atoms with Crippen LogP contribution in [0.4, 0.5) is 0 Å². The number of rotatable bonds is 5. The molecule has 1 fully saturated rings. The Labute approximate surface area is 147 Å². The van der Waals surface area contributed by atoms with E-state index in [0.717, 1.165) is 32.5 Å². The summed E-state index contributed by atoms with van der Waals surface area (Å²) in [5, 5.41) is 4.13. The Hall–Kier alpha value is -0.680. The van der Waals surface area contributed by atoms with E-state index >= 15 is 0 Å². The second-order valence-corrected chi connectivity index (χ2v) is 6.11. The predicted octanol–water partition coefficient (Wildman–Crippen LogP) is 3.25. The van der Waals surface area contributed by atoms with Crippen molar-refractivity contribution in [3.8, 4) is 5.75 Å². The van der Waals surface area contributed by atoms with Gasteiger partial charge in [-0.2, -0.15) is 0 Å². The van der Waals surface area contributed by atoms with Crippen molar-refractivity contribution in [2.75, 3.05) is 33.3 Å². The molecule has 1 aliphatic heterocycles. The summed E-state index contributed by atoms with van der Waals surface area (Å²) in [6.45, 7) is 2.54. The minimum atomic E-state index is 0. The quantitative estimate of drug-likeness (QED) is 0.868. The average molecular weight is 368 g/mol. The number of piperidine rings is 1. The van der Waals surface area contributed by atoms with Crippen LogP contribution in [-0.4, -0.2) is 44.1 Å². The zero-order valence-electron chi connectivity index (χ0n) is 12.5. The highest BCUT2D eigenvalue weighted by Gasteiger charge is 2.23. The summed E-state index contributed by atoms with van der Waals surface area (Å²) in [7, 11) is 1.94. The van der Waals surface area contributed by atoms with Gasteiger partial charge in [0.25, 0.3) is 5.91 Å². The lowest BCUT2D eigenvalue weighted by Crippen LogP contribution is -2.44. The SMILES string of the molecule is CNCC1CCCN(C(=O)COc2ccc(Cl)cc2Cl)C1.Cl. The van der Waals surface area contributed by atoms with Gasteiger partial charge in [-0.15, -0.1) is 12.4 Å². The second kappa shape index (κ2) is 9.46. The molecule has 1 unspecified atom stereocenters. The molecule has 22 heavy (non-hydrogen) atoms. The van der Waals surface area contributed by atoms with Crippen LogP contribution >= 0.6 is 35.6 Å². The summed E-state index contributed by atoms with van der Waals surface area (Å²) in [5.41, 5.74) is 0. The van der Waals surface area contributed by atoms with Gasteiger partial charge in [0.15, 0.2) is 6.61 Å². The van der Waals surface area contributed by atoms with Gasteiger partial charge in [0, 0.05) is 18.1 Å². The molecule has 124 valence electrons. The highest BCUT2D eigenvalue weighted by molar-refractivity contribution is 6.35. The maximum Gasteiger partial charge on any atom is 0.260 e. The van der Waals surface area contributed by atoms with Crippen molar-refractivity contribution in [1.29, 1.82) is 0 Å². The van der Waals surface area contributed by atoms with Crippen molar-refractivity contribution in [1.82, 2.24) is 10.2 Å². The lowest BCUT2D eigenvalue weighted by atomic mass is 9.98. The van der Waals surface area contributed by atoms with Gasteiger partial charge < -0.3 is 15.0 Å². The van der Waals surface area contributed by atoms with Gasteiger partial charge in [-0.25, -0.2) is 0 Å². The van der Waals surface area contributed by atoms with Crippen LogP contribution in [0.3, 0.4) is 0 Å². The van der Waals surface area contributed by atoms with Crippen LogP contribution < -0.4 is 10.1 Å². The van der Waals surface area contributed by atoms with Gasteiger partial charge in [0.2, 0.25) is 0 Å². The molecule has 1 amide bonds. The molecule has 7 heteroatoms. The molecule has 0 radical (unpaired) electrons. The van der Waals surface area contributed by atoms with Crippen LogP contribution in [0.25, 0.3) is 0 Å². The third-order valence-electron chi connectivity index (χ3n) is 3.61. The number of carbonyl (C=O) groups excluding carboxylic acids is 1. The molecule has 0 aromatic heterocycles. The fourth-order valence-electron chi connectivity index (χ4n) is 2.57. The number of hydrogen-bond acceptors (Lipinski definition) is 3. The maximum absolute atomic E-state index is 12.2. The standard InChI is InChI=1S/C15H20Cl2N2O2.ClH/c1-18-8-11-3-2-6-19(9-11)15(20)10-21-14-5-4-12(16)7-13(14)17;/h4-5,7,11,18H,2-3,6,8-10H2,1H3;1H. The van der Waals surface area contributed by atoms with Crippen LogP contribution in [-0.2, 0) is 4.79 Å². The molecule has 1 aromatic carbocycles. The van der Waals surface area contributed by atoms with E-state index in [2.05, 4.69) is 5.32 Å². The number of hydrogen-bond donors (Lipinski definition) is 1. The van der Waals surface area contributed by atoms with Crippen molar-refractivity contribution >= 4 is 41.5 Å². The van der Waals surface area contributed by atoms with Gasteiger partial charge in [0.1, 0.15) is 5.75 Å². The smallest absolute Gasteiger partial charge is 0.260 e.